The van der Waals surface area contributed by atoms with Crippen LogP contribution in [0.4, 0.5) is 5.69 Å². The van der Waals surface area contributed by atoms with Crippen molar-refractivity contribution in [1.29, 1.82) is 0 Å². The second-order valence-electron chi connectivity index (χ2n) is 4.98. The molecule has 2 nitrogen and oxygen atoms in total. The molecular weight excluding hydrogens is 394 g/mol. The number of rotatable bonds is 5. The van der Waals surface area contributed by atoms with Crippen LogP contribution in [0.25, 0.3) is 0 Å². The SMILES string of the molecule is CCOc1c(Br)cc(Br)cc1CNc1cc(C)ccc1C. The van der Waals surface area contributed by atoms with Crippen molar-refractivity contribution < 1.29 is 4.74 Å². The van der Waals surface area contributed by atoms with Crippen molar-refractivity contribution in [3.8, 4) is 5.75 Å². The van der Waals surface area contributed by atoms with Gasteiger partial charge in [-0.3, -0.25) is 0 Å². The predicted molar refractivity (Wildman–Crippen MR) is 96.3 cm³/mol. The van der Waals surface area contributed by atoms with Crippen LogP contribution in [0.2, 0.25) is 0 Å². The molecule has 2 aromatic rings. The Labute approximate surface area is 143 Å². The van der Waals surface area contributed by atoms with Gasteiger partial charge < -0.3 is 10.1 Å². The molecule has 0 aliphatic rings. The van der Waals surface area contributed by atoms with Crippen LogP contribution in [0.3, 0.4) is 0 Å². The summed E-state index contributed by atoms with van der Waals surface area (Å²) in [6.45, 7) is 7.58. The molecule has 0 heterocycles. The van der Waals surface area contributed by atoms with E-state index in [1.165, 1.54) is 11.1 Å². The Hall–Kier alpha value is -1.00. The lowest BCUT2D eigenvalue weighted by Crippen LogP contribution is -2.05. The third kappa shape index (κ3) is 4.24. The van der Waals surface area contributed by atoms with Gasteiger partial charge >= 0.3 is 0 Å². The standard InChI is InChI=1S/C17H19Br2NO/c1-4-21-17-13(8-14(18)9-15(17)19)10-20-16-7-11(2)5-6-12(16)3/h5-9,20H,4,10H2,1-3H3. The van der Waals surface area contributed by atoms with Crippen LogP contribution in [0.15, 0.2) is 39.3 Å². The molecule has 0 aliphatic carbocycles. The van der Waals surface area contributed by atoms with Gasteiger partial charge in [-0.1, -0.05) is 28.1 Å². The largest absolute Gasteiger partial charge is 0.492 e. The Balaban J connectivity index is 2.25. The van der Waals surface area contributed by atoms with Gasteiger partial charge in [0.2, 0.25) is 0 Å². The fourth-order valence-corrected chi connectivity index (χ4v) is 3.60. The summed E-state index contributed by atoms with van der Waals surface area (Å²) in [4.78, 5) is 0. The van der Waals surface area contributed by atoms with Gasteiger partial charge in [0.1, 0.15) is 5.75 Å². The smallest absolute Gasteiger partial charge is 0.138 e. The van der Waals surface area contributed by atoms with Gasteiger partial charge in [-0.25, -0.2) is 0 Å². The molecule has 1 N–H and O–H groups in total. The number of benzene rings is 2. The van der Waals surface area contributed by atoms with Crippen molar-refractivity contribution in [3.05, 3.63) is 56.0 Å². The molecule has 0 spiro atoms. The molecule has 0 bridgehead atoms. The van der Waals surface area contributed by atoms with E-state index in [0.717, 1.165) is 32.5 Å². The van der Waals surface area contributed by atoms with E-state index in [0.29, 0.717) is 6.61 Å². The summed E-state index contributed by atoms with van der Waals surface area (Å²) in [5, 5.41) is 3.50. The lowest BCUT2D eigenvalue weighted by Gasteiger charge is -2.15. The fourth-order valence-electron chi connectivity index (χ4n) is 2.17. The van der Waals surface area contributed by atoms with Crippen molar-refractivity contribution in [3.63, 3.8) is 0 Å². The zero-order valence-electron chi connectivity index (χ0n) is 12.5. The van der Waals surface area contributed by atoms with E-state index in [2.05, 4.69) is 75.3 Å². The molecule has 0 fully saturated rings. The molecule has 0 aliphatic heterocycles. The topological polar surface area (TPSA) is 21.3 Å². The molecule has 4 heteroatoms. The third-order valence-electron chi connectivity index (χ3n) is 3.24. The first-order chi connectivity index (χ1) is 10.0. The number of anilines is 1. The maximum atomic E-state index is 5.76. The van der Waals surface area contributed by atoms with Crippen LogP contribution in [0.5, 0.6) is 5.75 Å². The zero-order chi connectivity index (χ0) is 15.4. The summed E-state index contributed by atoms with van der Waals surface area (Å²) in [6.07, 6.45) is 0. The van der Waals surface area contributed by atoms with E-state index >= 15 is 0 Å². The van der Waals surface area contributed by atoms with Crippen LogP contribution >= 0.6 is 31.9 Å². The first-order valence-electron chi connectivity index (χ1n) is 6.93. The highest BCUT2D eigenvalue weighted by Crippen LogP contribution is 2.33. The molecule has 0 atom stereocenters. The van der Waals surface area contributed by atoms with Crippen LogP contribution < -0.4 is 10.1 Å². The first kappa shape index (κ1) is 16.4. The minimum absolute atomic E-state index is 0.650. The molecule has 0 aromatic heterocycles. The van der Waals surface area contributed by atoms with Gasteiger partial charge in [-0.2, -0.15) is 0 Å². The minimum Gasteiger partial charge on any atom is -0.492 e. The molecule has 2 aromatic carbocycles. The zero-order valence-corrected chi connectivity index (χ0v) is 15.6. The molecule has 0 saturated carbocycles. The molecular formula is C17H19Br2NO. The Morgan fingerprint density at radius 1 is 1.10 bits per heavy atom. The van der Waals surface area contributed by atoms with Crippen LogP contribution in [-0.4, -0.2) is 6.61 Å². The van der Waals surface area contributed by atoms with Crippen molar-refractivity contribution in [2.24, 2.45) is 0 Å². The number of ether oxygens (including phenoxy) is 1. The maximum Gasteiger partial charge on any atom is 0.138 e. The molecule has 0 saturated heterocycles. The van der Waals surface area contributed by atoms with Gasteiger partial charge in [0.15, 0.2) is 0 Å². The molecule has 0 unspecified atom stereocenters. The number of halogens is 2. The summed E-state index contributed by atoms with van der Waals surface area (Å²) in [6, 6.07) is 10.5. The number of hydrogen-bond donors (Lipinski definition) is 1. The summed E-state index contributed by atoms with van der Waals surface area (Å²) in [5.41, 5.74) is 4.78. The second-order valence-corrected chi connectivity index (χ2v) is 6.75. The maximum absolute atomic E-state index is 5.76. The quantitative estimate of drug-likeness (QED) is 0.665. The van der Waals surface area contributed by atoms with E-state index in [9.17, 15) is 0 Å². The average Bonchev–Trinajstić information content (AvgIpc) is 2.43. The minimum atomic E-state index is 0.650. The first-order valence-corrected chi connectivity index (χ1v) is 8.51. The highest BCUT2D eigenvalue weighted by molar-refractivity contribution is 9.11. The number of hydrogen-bond acceptors (Lipinski definition) is 2. The normalized spacial score (nSPS) is 10.5. The van der Waals surface area contributed by atoms with Gasteiger partial charge in [0, 0.05) is 22.3 Å². The van der Waals surface area contributed by atoms with Crippen molar-refractivity contribution in [2.45, 2.75) is 27.3 Å². The third-order valence-corrected chi connectivity index (χ3v) is 4.28. The summed E-state index contributed by atoms with van der Waals surface area (Å²) in [7, 11) is 0. The Kier molecular flexibility index (Phi) is 5.71. The summed E-state index contributed by atoms with van der Waals surface area (Å²) in [5.74, 6) is 0.901. The molecule has 112 valence electrons. The van der Waals surface area contributed by atoms with Gasteiger partial charge in [0.05, 0.1) is 11.1 Å². The Bertz CT molecular complexity index is 641. The number of aryl methyl sites for hydroxylation is 2. The van der Waals surface area contributed by atoms with Crippen LogP contribution in [-0.2, 0) is 6.54 Å². The van der Waals surface area contributed by atoms with Gasteiger partial charge in [0.25, 0.3) is 0 Å². The van der Waals surface area contributed by atoms with Crippen molar-refractivity contribution >= 4 is 37.5 Å². The van der Waals surface area contributed by atoms with Gasteiger partial charge in [-0.05, 0) is 66.0 Å². The fraction of sp³-hybridized carbons (Fsp3) is 0.294. The second kappa shape index (κ2) is 7.32. The summed E-state index contributed by atoms with van der Waals surface area (Å²) >= 11 is 7.11. The number of nitrogens with one attached hydrogen (secondary N) is 1. The Morgan fingerprint density at radius 3 is 2.57 bits per heavy atom. The summed E-state index contributed by atoms with van der Waals surface area (Å²) < 4.78 is 7.76. The lowest BCUT2D eigenvalue weighted by atomic mass is 10.1. The predicted octanol–water partition coefficient (Wildman–Crippen LogP) is 5.84. The molecule has 0 amide bonds. The van der Waals surface area contributed by atoms with E-state index in [1.807, 2.05) is 13.0 Å². The molecule has 21 heavy (non-hydrogen) atoms. The van der Waals surface area contributed by atoms with Crippen LogP contribution in [0, 0.1) is 13.8 Å². The van der Waals surface area contributed by atoms with E-state index in [-0.39, 0.29) is 0 Å². The van der Waals surface area contributed by atoms with E-state index in [4.69, 9.17) is 4.74 Å². The average molecular weight is 413 g/mol. The highest BCUT2D eigenvalue weighted by atomic mass is 79.9. The van der Waals surface area contributed by atoms with Crippen LogP contribution in [0.1, 0.15) is 23.6 Å². The monoisotopic (exact) mass is 411 g/mol. The van der Waals surface area contributed by atoms with Crippen molar-refractivity contribution in [2.75, 3.05) is 11.9 Å². The highest BCUT2D eigenvalue weighted by Gasteiger charge is 2.10. The van der Waals surface area contributed by atoms with E-state index in [1.54, 1.807) is 0 Å². The molecule has 0 radical (unpaired) electrons. The molecule has 2 rings (SSSR count). The van der Waals surface area contributed by atoms with Gasteiger partial charge in [-0.15, -0.1) is 0 Å². The Morgan fingerprint density at radius 2 is 1.86 bits per heavy atom. The van der Waals surface area contributed by atoms with E-state index < -0.39 is 0 Å². The van der Waals surface area contributed by atoms with Crippen molar-refractivity contribution in [1.82, 2.24) is 0 Å². The lowest BCUT2D eigenvalue weighted by molar-refractivity contribution is 0.334.